The molecule has 1 atom stereocenters. The molecule has 2 rings (SSSR count). The standard InChI is InChI=1S/C19H17NO4/c1-23-16-7-3-5-13(9-16)18(21)11-15(12-20)19(22)14-6-4-8-17(10-14)24-2/h3-10,15H,11H2,1-2H3. The van der Waals surface area contributed by atoms with Crippen LogP contribution in [0, 0.1) is 17.2 Å². The summed E-state index contributed by atoms with van der Waals surface area (Å²) in [6, 6.07) is 15.1. The van der Waals surface area contributed by atoms with Gasteiger partial charge in [-0.15, -0.1) is 0 Å². The minimum atomic E-state index is -1.05. The Balaban J connectivity index is 2.17. The Kier molecular flexibility index (Phi) is 5.69. The molecule has 5 nitrogen and oxygen atoms in total. The Morgan fingerprint density at radius 1 is 1.00 bits per heavy atom. The Labute approximate surface area is 140 Å². The zero-order chi connectivity index (χ0) is 17.5. The molecule has 1 unspecified atom stereocenters. The summed E-state index contributed by atoms with van der Waals surface area (Å²) in [5, 5.41) is 9.30. The first-order valence-electron chi connectivity index (χ1n) is 7.34. The second-order valence-corrected chi connectivity index (χ2v) is 5.14. The number of hydrogen-bond acceptors (Lipinski definition) is 5. The molecule has 0 aliphatic carbocycles. The zero-order valence-electron chi connectivity index (χ0n) is 13.5. The highest BCUT2D eigenvalue weighted by atomic mass is 16.5. The van der Waals surface area contributed by atoms with Gasteiger partial charge in [-0.3, -0.25) is 9.59 Å². The zero-order valence-corrected chi connectivity index (χ0v) is 13.5. The van der Waals surface area contributed by atoms with Crippen LogP contribution in [0.15, 0.2) is 48.5 Å². The molecule has 0 N–H and O–H groups in total. The van der Waals surface area contributed by atoms with Gasteiger partial charge in [0.15, 0.2) is 11.6 Å². The van der Waals surface area contributed by atoms with Crippen LogP contribution in [0.2, 0.25) is 0 Å². The maximum atomic E-state index is 12.5. The van der Waals surface area contributed by atoms with E-state index in [1.54, 1.807) is 48.5 Å². The third-order valence-electron chi connectivity index (χ3n) is 3.61. The van der Waals surface area contributed by atoms with E-state index in [9.17, 15) is 14.9 Å². The Morgan fingerprint density at radius 3 is 2.08 bits per heavy atom. The summed E-state index contributed by atoms with van der Waals surface area (Å²) in [5.74, 6) is -0.648. The average molecular weight is 323 g/mol. The van der Waals surface area contributed by atoms with Gasteiger partial charge in [-0.05, 0) is 24.3 Å². The maximum Gasteiger partial charge on any atom is 0.180 e. The topological polar surface area (TPSA) is 76.4 Å². The van der Waals surface area contributed by atoms with Crippen LogP contribution in [-0.2, 0) is 0 Å². The van der Waals surface area contributed by atoms with Gasteiger partial charge in [0, 0.05) is 17.5 Å². The molecule has 0 amide bonds. The number of ketones is 2. The van der Waals surface area contributed by atoms with Crippen LogP contribution in [0.4, 0.5) is 0 Å². The summed E-state index contributed by atoms with van der Waals surface area (Å²) in [6.45, 7) is 0. The molecule has 5 heteroatoms. The molecule has 0 bridgehead atoms. The van der Waals surface area contributed by atoms with E-state index in [1.165, 1.54) is 14.2 Å². The van der Waals surface area contributed by atoms with Gasteiger partial charge >= 0.3 is 0 Å². The Hall–Kier alpha value is -3.13. The first-order chi connectivity index (χ1) is 11.6. The van der Waals surface area contributed by atoms with Crippen LogP contribution >= 0.6 is 0 Å². The molecule has 2 aromatic carbocycles. The molecule has 2 aromatic rings. The number of carbonyl (C=O) groups excluding carboxylic acids is 2. The van der Waals surface area contributed by atoms with E-state index in [0.29, 0.717) is 22.6 Å². The SMILES string of the molecule is COc1cccc(C(=O)CC(C#N)C(=O)c2cccc(OC)c2)c1. The molecule has 0 saturated carbocycles. The highest BCUT2D eigenvalue weighted by Gasteiger charge is 2.24. The van der Waals surface area contributed by atoms with Gasteiger partial charge in [-0.25, -0.2) is 0 Å². The lowest BCUT2D eigenvalue weighted by molar-refractivity contribution is 0.0882. The summed E-state index contributed by atoms with van der Waals surface area (Å²) >= 11 is 0. The molecule has 0 aliphatic heterocycles. The number of nitrogens with zero attached hydrogens (tertiary/aromatic N) is 1. The van der Waals surface area contributed by atoms with Gasteiger partial charge in [0.1, 0.15) is 17.4 Å². The number of benzene rings is 2. The molecule has 0 aromatic heterocycles. The number of hydrogen-bond donors (Lipinski definition) is 0. The fourth-order valence-electron chi connectivity index (χ4n) is 2.27. The molecule has 0 radical (unpaired) electrons. The number of Topliss-reactive ketones (excluding diaryl/α,β-unsaturated/α-hetero) is 2. The summed E-state index contributed by atoms with van der Waals surface area (Å²) < 4.78 is 10.2. The van der Waals surface area contributed by atoms with E-state index in [0.717, 1.165) is 0 Å². The molecule has 0 saturated heterocycles. The van der Waals surface area contributed by atoms with Gasteiger partial charge < -0.3 is 9.47 Å². The summed E-state index contributed by atoms with van der Waals surface area (Å²) in [4.78, 5) is 24.8. The fourth-order valence-corrected chi connectivity index (χ4v) is 2.27. The quantitative estimate of drug-likeness (QED) is 0.731. The predicted octanol–water partition coefficient (Wildman–Crippen LogP) is 3.30. The second kappa shape index (κ2) is 7.93. The van der Waals surface area contributed by atoms with Crippen molar-refractivity contribution in [2.75, 3.05) is 14.2 Å². The van der Waals surface area contributed by atoms with Crippen LogP contribution in [0.3, 0.4) is 0 Å². The Bertz CT molecular complexity index is 792. The number of carbonyl (C=O) groups is 2. The normalized spacial score (nSPS) is 11.2. The monoisotopic (exact) mass is 323 g/mol. The molecule has 122 valence electrons. The lowest BCUT2D eigenvalue weighted by Crippen LogP contribution is -2.17. The minimum Gasteiger partial charge on any atom is -0.497 e. The molecule has 0 heterocycles. The highest BCUT2D eigenvalue weighted by molar-refractivity contribution is 6.05. The summed E-state index contributed by atoms with van der Waals surface area (Å²) in [5.41, 5.74) is 0.757. The molecule has 24 heavy (non-hydrogen) atoms. The molecule has 0 fully saturated rings. The van der Waals surface area contributed by atoms with E-state index in [-0.39, 0.29) is 12.2 Å². The Morgan fingerprint density at radius 2 is 1.54 bits per heavy atom. The van der Waals surface area contributed by atoms with Crippen LogP contribution in [0.5, 0.6) is 11.5 Å². The van der Waals surface area contributed by atoms with Gasteiger partial charge in [0.25, 0.3) is 0 Å². The number of nitriles is 1. The van der Waals surface area contributed by atoms with Crippen molar-refractivity contribution >= 4 is 11.6 Å². The molecule has 0 spiro atoms. The molecule has 0 aliphatic rings. The largest absolute Gasteiger partial charge is 0.497 e. The smallest absolute Gasteiger partial charge is 0.180 e. The van der Waals surface area contributed by atoms with Gasteiger partial charge in [-0.1, -0.05) is 24.3 Å². The average Bonchev–Trinajstić information content (AvgIpc) is 2.65. The first kappa shape index (κ1) is 17.2. The van der Waals surface area contributed by atoms with Crippen LogP contribution in [0.25, 0.3) is 0 Å². The minimum absolute atomic E-state index is 0.181. The number of ether oxygens (including phenoxy) is 2. The van der Waals surface area contributed by atoms with E-state index in [2.05, 4.69) is 0 Å². The second-order valence-electron chi connectivity index (χ2n) is 5.14. The van der Waals surface area contributed by atoms with Gasteiger partial charge in [0.05, 0.1) is 20.3 Å². The van der Waals surface area contributed by atoms with Crippen molar-refractivity contribution in [2.24, 2.45) is 5.92 Å². The third kappa shape index (κ3) is 3.99. The van der Waals surface area contributed by atoms with Gasteiger partial charge in [-0.2, -0.15) is 5.26 Å². The van der Waals surface area contributed by atoms with Crippen molar-refractivity contribution in [3.8, 4) is 17.6 Å². The van der Waals surface area contributed by atoms with Crippen LogP contribution in [0.1, 0.15) is 27.1 Å². The van der Waals surface area contributed by atoms with Crippen molar-refractivity contribution in [3.63, 3.8) is 0 Å². The first-order valence-corrected chi connectivity index (χ1v) is 7.34. The number of rotatable bonds is 7. The lowest BCUT2D eigenvalue weighted by atomic mass is 9.92. The van der Waals surface area contributed by atoms with E-state index >= 15 is 0 Å². The van der Waals surface area contributed by atoms with Gasteiger partial charge in [0.2, 0.25) is 0 Å². The van der Waals surface area contributed by atoms with Crippen molar-refractivity contribution in [1.29, 1.82) is 5.26 Å². The number of methoxy groups -OCH3 is 2. The van der Waals surface area contributed by atoms with Crippen molar-refractivity contribution in [3.05, 3.63) is 59.7 Å². The fraction of sp³-hybridized carbons (Fsp3) is 0.211. The lowest BCUT2D eigenvalue weighted by Gasteiger charge is -2.09. The van der Waals surface area contributed by atoms with Crippen LogP contribution in [-0.4, -0.2) is 25.8 Å². The van der Waals surface area contributed by atoms with E-state index in [1.807, 2.05) is 6.07 Å². The summed E-state index contributed by atoms with van der Waals surface area (Å²) in [7, 11) is 3.01. The third-order valence-corrected chi connectivity index (χ3v) is 3.61. The summed E-state index contributed by atoms with van der Waals surface area (Å²) in [6.07, 6.45) is -0.181. The van der Waals surface area contributed by atoms with E-state index in [4.69, 9.17) is 9.47 Å². The van der Waals surface area contributed by atoms with E-state index < -0.39 is 11.7 Å². The van der Waals surface area contributed by atoms with Crippen molar-refractivity contribution < 1.29 is 19.1 Å². The molecular formula is C19H17NO4. The maximum absolute atomic E-state index is 12.5. The van der Waals surface area contributed by atoms with Crippen molar-refractivity contribution in [1.82, 2.24) is 0 Å². The molecular weight excluding hydrogens is 306 g/mol. The van der Waals surface area contributed by atoms with Crippen molar-refractivity contribution in [2.45, 2.75) is 6.42 Å². The highest BCUT2D eigenvalue weighted by Crippen LogP contribution is 2.20. The van der Waals surface area contributed by atoms with Crippen LogP contribution < -0.4 is 9.47 Å². The predicted molar refractivity (Wildman–Crippen MR) is 88.4 cm³/mol.